The summed E-state index contributed by atoms with van der Waals surface area (Å²) in [5.41, 5.74) is 0.753. The number of H-pyrrole nitrogens is 1. The number of imidazole rings is 1. The second kappa shape index (κ2) is 4.46. The maximum Gasteiger partial charge on any atom is 0.328 e. The molecule has 19 heavy (non-hydrogen) atoms. The zero-order chi connectivity index (χ0) is 13.6. The van der Waals surface area contributed by atoms with E-state index >= 15 is 0 Å². The van der Waals surface area contributed by atoms with Crippen LogP contribution in [-0.2, 0) is 4.74 Å². The summed E-state index contributed by atoms with van der Waals surface area (Å²) >= 11 is 0. The van der Waals surface area contributed by atoms with Crippen molar-refractivity contribution in [1.82, 2.24) is 9.55 Å². The van der Waals surface area contributed by atoms with Crippen LogP contribution in [0.1, 0.15) is 6.23 Å². The highest BCUT2D eigenvalue weighted by Crippen LogP contribution is 2.30. The molecule has 1 fully saturated rings. The Balaban J connectivity index is 2.10. The third kappa shape index (κ3) is 1.79. The smallest absolute Gasteiger partial charge is 0.328 e. The Morgan fingerprint density at radius 1 is 1.26 bits per heavy atom. The quantitative estimate of drug-likeness (QED) is 0.554. The van der Waals surface area contributed by atoms with Crippen LogP contribution in [0.5, 0.6) is 0 Å². The molecule has 1 aliphatic rings. The molecule has 3 rings (SSSR count). The van der Waals surface area contributed by atoms with E-state index in [0.717, 1.165) is 0 Å². The Morgan fingerprint density at radius 2 is 2.00 bits per heavy atom. The highest BCUT2D eigenvalue weighted by molar-refractivity contribution is 5.75. The standard InChI is InChI=1S/C12H14N2O5/c15-5-8-9(16)10(17)11(19-8)14-7-4-2-1-3-6(7)13-12(14)18/h1-4,8-11,15-17H,5H2,(H,13,18). The van der Waals surface area contributed by atoms with E-state index in [1.807, 2.05) is 0 Å². The number of nitrogens with zero attached hydrogens (tertiary/aromatic N) is 1. The van der Waals surface area contributed by atoms with Gasteiger partial charge < -0.3 is 25.0 Å². The van der Waals surface area contributed by atoms with Crippen molar-refractivity contribution in [3.63, 3.8) is 0 Å². The fourth-order valence-corrected chi connectivity index (χ4v) is 2.42. The Morgan fingerprint density at radius 3 is 2.68 bits per heavy atom. The lowest BCUT2D eigenvalue weighted by molar-refractivity contribution is -0.0522. The number of aromatic nitrogens is 2. The first-order chi connectivity index (χ1) is 9.13. The third-order valence-electron chi connectivity index (χ3n) is 3.40. The van der Waals surface area contributed by atoms with Gasteiger partial charge in [0.25, 0.3) is 0 Å². The number of para-hydroxylation sites is 2. The molecule has 4 N–H and O–H groups in total. The van der Waals surface area contributed by atoms with Crippen LogP contribution in [0, 0.1) is 0 Å². The molecule has 0 spiro atoms. The van der Waals surface area contributed by atoms with Crippen LogP contribution < -0.4 is 5.69 Å². The maximum absolute atomic E-state index is 11.9. The van der Waals surface area contributed by atoms with E-state index in [-0.39, 0.29) is 0 Å². The lowest BCUT2D eigenvalue weighted by atomic mass is 10.1. The number of ether oxygens (including phenoxy) is 1. The SMILES string of the molecule is O=c1[nH]c2ccccc2n1C1OC(CO)C(O)C1O. The molecule has 7 nitrogen and oxygen atoms in total. The normalized spacial score (nSPS) is 31.1. The number of hydrogen-bond donors (Lipinski definition) is 4. The van der Waals surface area contributed by atoms with E-state index in [4.69, 9.17) is 9.84 Å². The average molecular weight is 266 g/mol. The predicted molar refractivity (Wildman–Crippen MR) is 65.6 cm³/mol. The minimum Gasteiger partial charge on any atom is -0.394 e. The maximum atomic E-state index is 11.9. The molecule has 0 amide bonds. The van der Waals surface area contributed by atoms with Gasteiger partial charge in [-0.25, -0.2) is 4.79 Å². The van der Waals surface area contributed by atoms with E-state index in [2.05, 4.69) is 4.98 Å². The predicted octanol–water partition coefficient (Wildman–Crippen LogP) is -1.06. The van der Waals surface area contributed by atoms with Crippen LogP contribution in [0.4, 0.5) is 0 Å². The second-order valence-corrected chi connectivity index (χ2v) is 4.55. The number of aliphatic hydroxyl groups is 3. The van der Waals surface area contributed by atoms with E-state index in [1.165, 1.54) is 4.57 Å². The van der Waals surface area contributed by atoms with Gasteiger partial charge in [0.15, 0.2) is 6.23 Å². The Hall–Kier alpha value is -1.67. The highest BCUT2D eigenvalue weighted by Gasteiger charge is 2.44. The van der Waals surface area contributed by atoms with Crippen LogP contribution in [0.2, 0.25) is 0 Å². The van der Waals surface area contributed by atoms with Crippen molar-refractivity contribution in [1.29, 1.82) is 0 Å². The molecule has 0 bridgehead atoms. The van der Waals surface area contributed by atoms with E-state index in [1.54, 1.807) is 24.3 Å². The topological polar surface area (TPSA) is 108 Å². The molecule has 0 radical (unpaired) electrons. The molecular weight excluding hydrogens is 252 g/mol. The molecule has 0 aliphatic carbocycles. The van der Waals surface area contributed by atoms with Crippen molar-refractivity contribution in [2.75, 3.05) is 6.61 Å². The number of aliphatic hydroxyl groups excluding tert-OH is 3. The minimum absolute atomic E-state index is 0.425. The summed E-state index contributed by atoms with van der Waals surface area (Å²) in [5, 5.41) is 28.7. The first-order valence-corrected chi connectivity index (χ1v) is 5.95. The third-order valence-corrected chi connectivity index (χ3v) is 3.40. The van der Waals surface area contributed by atoms with Gasteiger partial charge in [-0.2, -0.15) is 0 Å². The summed E-state index contributed by atoms with van der Waals surface area (Å²) in [6.07, 6.45) is -4.42. The van der Waals surface area contributed by atoms with Gasteiger partial charge in [-0.05, 0) is 12.1 Å². The molecule has 7 heteroatoms. The van der Waals surface area contributed by atoms with Gasteiger partial charge in [0, 0.05) is 0 Å². The van der Waals surface area contributed by atoms with Gasteiger partial charge in [0.2, 0.25) is 0 Å². The summed E-state index contributed by atoms with van der Waals surface area (Å²) in [7, 11) is 0. The fourth-order valence-electron chi connectivity index (χ4n) is 2.42. The van der Waals surface area contributed by atoms with Gasteiger partial charge in [-0.3, -0.25) is 4.57 Å². The lowest BCUT2D eigenvalue weighted by Crippen LogP contribution is -2.34. The van der Waals surface area contributed by atoms with Crippen LogP contribution in [0.15, 0.2) is 29.1 Å². The Kier molecular flexibility index (Phi) is 2.90. The summed E-state index contributed by atoms with van der Waals surface area (Å²) in [5.74, 6) is 0. The lowest BCUT2D eigenvalue weighted by Gasteiger charge is -2.16. The zero-order valence-electron chi connectivity index (χ0n) is 9.93. The van der Waals surface area contributed by atoms with E-state index in [0.29, 0.717) is 11.0 Å². The summed E-state index contributed by atoms with van der Waals surface area (Å²) in [6, 6.07) is 6.98. The van der Waals surface area contributed by atoms with Crippen molar-refractivity contribution in [3.8, 4) is 0 Å². The molecule has 2 heterocycles. The number of nitrogens with one attached hydrogen (secondary N) is 1. The number of aromatic amines is 1. The number of fused-ring (bicyclic) bond motifs is 1. The van der Waals surface area contributed by atoms with Crippen LogP contribution in [-0.4, -0.2) is 49.8 Å². The number of benzene rings is 1. The van der Waals surface area contributed by atoms with Crippen molar-refractivity contribution >= 4 is 11.0 Å². The molecule has 4 unspecified atom stereocenters. The van der Waals surface area contributed by atoms with Gasteiger partial charge >= 0.3 is 5.69 Å². The molecule has 1 aliphatic heterocycles. The van der Waals surface area contributed by atoms with Gasteiger partial charge in [0.1, 0.15) is 18.3 Å². The zero-order valence-corrected chi connectivity index (χ0v) is 9.93. The molecule has 102 valence electrons. The van der Waals surface area contributed by atoms with E-state index in [9.17, 15) is 15.0 Å². The molecule has 1 aromatic heterocycles. The number of hydrogen-bond acceptors (Lipinski definition) is 5. The molecule has 1 aromatic carbocycles. The summed E-state index contributed by atoms with van der Waals surface area (Å²) in [6.45, 7) is -0.425. The monoisotopic (exact) mass is 266 g/mol. The first kappa shape index (κ1) is 12.4. The van der Waals surface area contributed by atoms with E-state index < -0.39 is 36.8 Å². The minimum atomic E-state index is -1.27. The van der Waals surface area contributed by atoms with Crippen molar-refractivity contribution in [2.45, 2.75) is 24.5 Å². The second-order valence-electron chi connectivity index (χ2n) is 4.55. The van der Waals surface area contributed by atoms with Gasteiger partial charge in [-0.15, -0.1) is 0 Å². The molecule has 1 saturated heterocycles. The summed E-state index contributed by atoms with van der Waals surface area (Å²) < 4.78 is 6.61. The van der Waals surface area contributed by atoms with Crippen LogP contribution in [0.25, 0.3) is 11.0 Å². The van der Waals surface area contributed by atoms with Gasteiger partial charge in [-0.1, -0.05) is 12.1 Å². The molecular formula is C12H14N2O5. The van der Waals surface area contributed by atoms with Crippen LogP contribution >= 0.6 is 0 Å². The first-order valence-electron chi connectivity index (χ1n) is 5.95. The van der Waals surface area contributed by atoms with Crippen molar-refractivity contribution in [2.24, 2.45) is 0 Å². The van der Waals surface area contributed by atoms with Crippen LogP contribution in [0.3, 0.4) is 0 Å². The molecule has 2 aromatic rings. The van der Waals surface area contributed by atoms with Crippen molar-refractivity contribution in [3.05, 3.63) is 34.7 Å². The highest BCUT2D eigenvalue weighted by atomic mass is 16.6. The largest absolute Gasteiger partial charge is 0.394 e. The molecule has 4 atom stereocenters. The number of rotatable bonds is 2. The fraction of sp³-hybridized carbons (Fsp3) is 0.417. The molecule has 0 saturated carbocycles. The Labute approximate surface area is 107 Å². The van der Waals surface area contributed by atoms with Gasteiger partial charge in [0.05, 0.1) is 17.6 Å². The average Bonchev–Trinajstić information content (AvgIpc) is 2.88. The van der Waals surface area contributed by atoms with Crippen molar-refractivity contribution < 1.29 is 20.1 Å². The Bertz CT molecular complexity index is 649. The summed E-state index contributed by atoms with van der Waals surface area (Å²) in [4.78, 5) is 14.6.